The highest BCUT2D eigenvalue weighted by molar-refractivity contribution is 6.01. The van der Waals surface area contributed by atoms with Crippen molar-refractivity contribution in [1.82, 2.24) is 0 Å². The van der Waals surface area contributed by atoms with Crippen molar-refractivity contribution in [3.63, 3.8) is 0 Å². The lowest BCUT2D eigenvalue weighted by atomic mass is 9.48. The molecule has 4 aliphatic rings. The first-order valence-corrected chi connectivity index (χ1v) is 13.6. The minimum Gasteiger partial charge on any atom is -0.462 e. The summed E-state index contributed by atoms with van der Waals surface area (Å²) in [4.78, 5) is 24.6. The number of ether oxygens (including phenoxy) is 1. The molecule has 0 spiro atoms. The van der Waals surface area contributed by atoms with Crippen LogP contribution in [0.3, 0.4) is 0 Å². The lowest BCUT2D eigenvalue weighted by molar-refractivity contribution is -0.159. The third kappa shape index (κ3) is 4.93. The summed E-state index contributed by atoms with van der Waals surface area (Å²) in [5, 5.41) is 0. The molecule has 4 aliphatic carbocycles. The van der Waals surface area contributed by atoms with Gasteiger partial charge in [0.2, 0.25) is 0 Å². The number of rotatable bonds is 10. The second kappa shape index (κ2) is 10.3. The third-order valence-corrected chi connectivity index (χ3v) is 9.78. The van der Waals surface area contributed by atoms with E-state index in [9.17, 15) is 9.59 Å². The van der Waals surface area contributed by atoms with E-state index in [4.69, 9.17) is 4.74 Å². The molecule has 4 rings (SSSR count). The van der Waals surface area contributed by atoms with E-state index in [1.807, 2.05) is 12.2 Å². The molecule has 6 atom stereocenters. The molecule has 3 heteroatoms. The van der Waals surface area contributed by atoms with Crippen molar-refractivity contribution in [2.45, 2.75) is 110 Å². The number of fused-ring (bicyclic) bond motifs is 5. The number of carbonyl (C=O) groups is 2. The van der Waals surface area contributed by atoms with E-state index in [1.165, 1.54) is 50.5 Å². The zero-order valence-electron chi connectivity index (χ0n) is 21.0. The molecule has 33 heavy (non-hydrogen) atoms. The number of esters is 1. The van der Waals surface area contributed by atoms with Gasteiger partial charge in [-0.2, -0.15) is 0 Å². The highest BCUT2D eigenvalue weighted by atomic mass is 16.5. The molecule has 0 amide bonds. The Morgan fingerprint density at radius 1 is 1.06 bits per heavy atom. The highest BCUT2D eigenvalue weighted by Crippen LogP contribution is 2.64. The van der Waals surface area contributed by atoms with Crippen LogP contribution in [0.15, 0.2) is 36.5 Å². The molecule has 0 bridgehead atoms. The van der Waals surface area contributed by atoms with E-state index in [0.29, 0.717) is 24.2 Å². The van der Waals surface area contributed by atoms with Crippen molar-refractivity contribution < 1.29 is 14.3 Å². The fraction of sp³-hybridized carbons (Fsp3) is 0.733. The van der Waals surface area contributed by atoms with Crippen LogP contribution in [0.1, 0.15) is 104 Å². The maximum absolute atomic E-state index is 12.7. The Balaban J connectivity index is 1.28. The van der Waals surface area contributed by atoms with Gasteiger partial charge in [-0.3, -0.25) is 9.59 Å². The van der Waals surface area contributed by atoms with Gasteiger partial charge >= 0.3 is 5.97 Å². The normalized spacial score (nSPS) is 37.0. The van der Waals surface area contributed by atoms with Gasteiger partial charge in [0.1, 0.15) is 6.10 Å². The maximum Gasteiger partial charge on any atom is 0.306 e. The van der Waals surface area contributed by atoms with E-state index in [-0.39, 0.29) is 28.7 Å². The summed E-state index contributed by atoms with van der Waals surface area (Å²) in [5.74, 6) is 2.09. The molecular formula is C30H44O3. The lowest BCUT2D eigenvalue weighted by Gasteiger charge is -2.56. The number of allylic oxidation sites excluding steroid dienone is 5. The van der Waals surface area contributed by atoms with Crippen LogP contribution in [-0.4, -0.2) is 17.9 Å². The largest absolute Gasteiger partial charge is 0.462 e. The summed E-state index contributed by atoms with van der Waals surface area (Å²) in [5.41, 5.74) is 1.51. The van der Waals surface area contributed by atoms with Gasteiger partial charge in [0.05, 0.1) is 0 Å². The van der Waals surface area contributed by atoms with Crippen molar-refractivity contribution in [2.24, 2.45) is 28.6 Å². The fourth-order valence-electron chi connectivity index (χ4n) is 7.83. The van der Waals surface area contributed by atoms with Crippen LogP contribution in [0.2, 0.25) is 0 Å². The molecule has 3 fully saturated rings. The van der Waals surface area contributed by atoms with E-state index in [0.717, 1.165) is 38.5 Å². The van der Waals surface area contributed by atoms with Gasteiger partial charge in [-0.1, -0.05) is 57.3 Å². The quantitative estimate of drug-likeness (QED) is 0.196. The molecule has 3 nitrogen and oxygen atoms in total. The molecule has 0 heterocycles. The van der Waals surface area contributed by atoms with Crippen LogP contribution in [0.4, 0.5) is 0 Å². The second-order valence-electron chi connectivity index (χ2n) is 11.7. The average Bonchev–Trinajstić information content (AvgIpc) is 3.12. The molecule has 3 saturated carbocycles. The summed E-state index contributed by atoms with van der Waals surface area (Å²) >= 11 is 0. The van der Waals surface area contributed by atoms with Crippen LogP contribution in [0, 0.1) is 28.6 Å². The monoisotopic (exact) mass is 452 g/mol. The van der Waals surface area contributed by atoms with E-state index in [1.54, 1.807) is 6.08 Å². The van der Waals surface area contributed by atoms with Crippen molar-refractivity contribution >= 4 is 11.8 Å². The van der Waals surface area contributed by atoms with E-state index >= 15 is 0 Å². The van der Waals surface area contributed by atoms with Gasteiger partial charge in [-0.15, -0.1) is 6.58 Å². The van der Waals surface area contributed by atoms with Crippen molar-refractivity contribution in [2.75, 3.05) is 0 Å². The summed E-state index contributed by atoms with van der Waals surface area (Å²) < 4.78 is 6.15. The van der Waals surface area contributed by atoms with Crippen molar-refractivity contribution in [3.05, 3.63) is 36.5 Å². The average molecular weight is 453 g/mol. The third-order valence-electron chi connectivity index (χ3n) is 9.78. The Kier molecular flexibility index (Phi) is 7.66. The summed E-state index contributed by atoms with van der Waals surface area (Å²) in [7, 11) is 0. The second-order valence-corrected chi connectivity index (χ2v) is 11.7. The molecule has 0 radical (unpaired) electrons. The highest BCUT2D eigenvalue weighted by Gasteiger charge is 2.59. The van der Waals surface area contributed by atoms with Gasteiger partial charge in [0, 0.05) is 17.3 Å². The Morgan fingerprint density at radius 2 is 1.82 bits per heavy atom. The van der Waals surface area contributed by atoms with Crippen LogP contribution < -0.4 is 0 Å². The molecule has 182 valence electrons. The molecule has 0 aliphatic heterocycles. The summed E-state index contributed by atoms with van der Waals surface area (Å²) in [6.45, 7) is 8.53. The van der Waals surface area contributed by atoms with Gasteiger partial charge in [0.15, 0.2) is 5.78 Å². The van der Waals surface area contributed by atoms with Gasteiger partial charge < -0.3 is 4.74 Å². The predicted octanol–water partition coefficient (Wildman–Crippen LogP) is 7.51. The Bertz CT molecular complexity index is 807. The SMILES string of the molecule is C=CCCCCCCCCC(=O)O[C@@H]1CC[C@@H]2[C@H]3CCC4=CC(=O)C=C[C@@]4(C)[C@@H]3CC[C@]21C. The van der Waals surface area contributed by atoms with Gasteiger partial charge in [-0.25, -0.2) is 0 Å². The smallest absolute Gasteiger partial charge is 0.306 e. The zero-order valence-corrected chi connectivity index (χ0v) is 21.0. The number of carbonyl (C=O) groups excluding carboxylic acids is 2. The summed E-state index contributed by atoms with van der Waals surface area (Å²) in [6, 6.07) is 0. The van der Waals surface area contributed by atoms with Crippen LogP contribution in [0.25, 0.3) is 0 Å². The van der Waals surface area contributed by atoms with Crippen LogP contribution in [-0.2, 0) is 14.3 Å². The summed E-state index contributed by atoms with van der Waals surface area (Å²) in [6.07, 6.45) is 23.4. The minimum absolute atomic E-state index is 0.0187. The molecule has 0 aromatic carbocycles. The number of hydrogen-bond acceptors (Lipinski definition) is 3. The number of unbranched alkanes of at least 4 members (excludes halogenated alkanes) is 6. The maximum atomic E-state index is 12.7. The molecule has 0 unspecified atom stereocenters. The fourth-order valence-corrected chi connectivity index (χ4v) is 7.83. The first-order valence-electron chi connectivity index (χ1n) is 13.6. The number of hydrogen-bond donors (Lipinski definition) is 0. The standard InChI is InChI=1S/C30H44O3/c1-4-5-6-7-8-9-10-11-12-28(32)33-27-16-15-25-24-14-13-22-21-23(31)17-19-29(22,2)26(24)18-20-30(25,27)3/h4,17,19,21,24-27H,1,5-16,18,20H2,2-3H3/t24-,25-,26-,27-,29-,30-/m1/s1. The Hall–Kier alpha value is -1.64. The first-order chi connectivity index (χ1) is 15.9. The van der Waals surface area contributed by atoms with Crippen molar-refractivity contribution in [3.8, 4) is 0 Å². The lowest BCUT2D eigenvalue weighted by Crippen LogP contribution is -2.51. The Labute approximate surface area is 201 Å². The zero-order chi connectivity index (χ0) is 23.5. The molecule has 0 N–H and O–H groups in total. The molecule has 0 aromatic heterocycles. The minimum atomic E-state index is 0.0187. The number of ketones is 1. The molecule has 0 aromatic rings. The van der Waals surface area contributed by atoms with Gasteiger partial charge in [0.25, 0.3) is 0 Å². The van der Waals surface area contributed by atoms with E-state index < -0.39 is 0 Å². The molecule has 0 saturated heterocycles. The van der Waals surface area contributed by atoms with Crippen LogP contribution >= 0.6 is 0 Å². The predicted molar refractivity (Wildman–Crippen MR) is 134 cm³/mol. The topological polar surface area (TPSA) is 43.4 Å². The Morgan fingerprint density at radius 3 is 2.61 bits per heavy atom. The molecular weight excluding hydrogens is 408 g/mol. The van der Waals surface area contributed by atoms with Gasteiger partial charge in [-0.05, 0) is 87.7 Å². The first kappa shape index (κ1) is 24.5. The van der Waals surface area contributed by atoms with Crippen LogP contribution in [0.5, 0.6) is 0 Å². The van der Waals surface area contributed by atoms with Crippen molar-refractivity contribution in [1.29, 1.82) is 0 Å². The van der Waals surface area contributed by atoms with E-state index in [2.05, 4.69) is 26.5 Å².